The molecule has 0 saturated carbocycles. The first-order valence-corrected chi connectivity index (χ1v) is 32.6. The Bertz CT molecular complexity index is 5770. The van der Waals surface area contributed by atoms with Gasteiger partial charge in [-0.2, -0.15) is 5.26 Å². The van der Waals surface area contributed by atoms with E-state index in [-0.39, 0.29) is 0 Å². The van der Waals surface area contributed by atoms with Crippen LogP contribution in [0.1, 0.15) is 27.8 Å². The number of aromatic nitrogens is 6. The van der Waals surface area contributed by atoms with Gasteiger partial charge in [-0.15, -0.1) is 0 Å². The molecule has 0 amide bonds. The average molecular weight is 1150 g/mol. The smallest absolute Gasteiger partial charge is 0.226 e. The Labute approximate surface area is 513 Å². The van der Waals surface area contributed by atoms with E-state index in [4.69, 9.17) is 9.97 Å². The number of nitrogens with zero attached hydrogens (tertiary/aromatic N) is 7. The first-order valence-electron chi connectivity index (χ1n) is 30.6. The Balaban J connectivity index is 1.12. The highest BCUT2D eigenvalue weighted by Crippen LogP contribution is 2.53. The maximum absolute atomic E-state index is 13.2. The average Bonchev–Trinajstić information content (AvgIpc) is 1.65. The van der Waals surface area contributed by atoms with Crippen molar-refractivity contribution in [1.82, 2.24) is 28.2 Å². The Morgan fingerprint density at radius 1 is 0.315 bits per heavy atom. The fourth-order valence-electron chi connectivity index (χ4n) is 16.2. The molecule has 11 aromatic carbocycles. The third-order valence-corrected chi connectivity index (χ3v) is 24.4. The highest BCUT2D eigenvalue weighted by Gasteiger charge is 2.57. The molecule has 0 fully saturated rings. The molecule has 2 aliphatic heterocycles. The van der Waals surface area contributed by atoms with E-state index in [1.165, 1.54) is 32.6 Å². The number of nitriles is 1. The molecule has 416 valence electrons. The molecule has 7 nitrogen and oxygen atoms in total. The maximum atomic E-state index is 13.2. The number of benzene rings is 11. The quantitative estimate of drug-likeness (QED) is 0.161. The third kappa shape index (κ3) is 6.48. The Morgan fingerprint density at radius 2 is 0.663 bits per heavy atom. The minimum Gasteiger partial charge on any atom is -0.306 e. The van der Waals surface area contributed by atoms with Crippen molar-refractivity contribution in [3.05, 3.63) is 277 Å². The number of aryl methyl sites for hydroxylation is 4. The van der Waals surface area contributed by atoms with Gasteiger partial charge in [-0.05, 0) is 146 Å². The molecule has 2 aliphatic rings. The van der Waals surface area contributed by atoms with Crippen molar-refractivity contribution in [3.63, 3.8) is 0 Å². The van der Waals surface area contributed by atoms with Crippen molar-refractivity contribution in [2.24, 2.45) is 0 Å². The second-order valence-electron chi connectivity index (χ2n) is 24.6. The molecule has 0 N–H and O–H groups in total. The van der Waals surface area contributed by atoms with Crippen molar-refractivity contribution in [2.45, 2.75) is 27.7 Å². The van der Waals surface area contributed by atoms with Gasteiger partial charge in [0.2, 0.25) is 8.07 Å². The van der Waals surface area contributed by atoms with Gasteiger partial charge < -0.3 is 18.3 Å². The lowest BCUT2D eigenvalue weighted by Gasteiger charge is -2.30. The lowest BCUT2D eigenvalue weighted by molar-refractivity contribution is 1.04. The zero-order valence-electron chi connectivity index (χ0n) is 49.3. The van der Waals surface area contributed by atoms with E-state index in [1.807, 2.05) is 12.4 Å². The fourth-order valence-corrected chi connectivity index (χ4v) is 21.4. The van der Waals surface area contributed by atoms with Gasteiger partial charge in [-0.1, -0.05) is 168 Å². The maximum Gasteiger partial charge on any atom is 0.226 e. The topological polar surface area (TPSA) is 69.3 Å². The number of hydrogen-bond acceptors (Lipinski definition) is 3. The molecule has 0 radical (unpaired) electrons. The molecular formula is C81H53N7Si. The molecule has 8 heteroatoms. The zero-order valence-corrected chi connectivity index (χ0v) is 50.3. The minimum atomic E-state index is -3.10. The van der Waals surface area contributed by atoms with Crippen LogP contribution in [-0.4, -0.2) is 36.3 Å². The molecule has 19 rings (SSSR count). The second-order valence-corrected chi connectivity index (χ2v) is 28.1. The van der Waals surface area contributed by atoms with Crippen LogP contribution in [0.15, 0.2) is 249 Å². The van der Waals surface area contributed by atoms with Gasteiger partial charge >= 0.3 is 0 Å². The van der Waals surface area contributed by atoms with Crippen LogP contribution < -0.4 is 21.0 Å². The predicted octanol–water partition coefficient (Wildman–Crippen LogP) is 17.0. The first kappa shape index (κ1) is 49.8. The SMILES string of the molecule is Cc1ccc2c(c1)c1ccccc1n2-c1c(C#N)c(-n2c3ccccc3c3cc(C)ccc32)c(-n2c3ccccc3c3cc(C)ccc32)c(-c2ccc3c(c2)-c2ccccc2[Si]32c3ncccc3-c3cccnc32)c1-n1c2ccccc2c2cc(C)ccc21. The van der Waals surface area contributed by atoms with E-state index in [0.717, 1.165) is 154 Å². The van der Waals surface area contributed by atoms with Gasteiger partial charge in [0.05, 0.1) is 66.9 Å². The number of hydrogen-bond donors (Lipinski definition) is 0. The van der Waals surface area contributed by atoms with Crippen molar-refractivity contribution >= 4 is 116 Å². The summed E-state index contributed by atoms with van der Waals surface area (Å²) in [5.41, 5.74) is 23.4. The van der Waals surface area contributed by atoms with Crippen LogP contribution in [0.5, 0.6) is 0 Å². The van der Waals surface area contributed by atoms with Crippen LogP contribution in [0.2, 0.25) is 0 Å². The molecular weight excluding hydrogens is 1100 g/mol. The van der Waals surface area contributed by atoms with Crippen LogP contribution in [0.4, 0.5) is 0 Å². The Hall–Kier alpha value is -11.4. The molecule has 0 aliphatic carbocycles. The summed E-state index contributed by atoms with van der Waals surface area (Å²) in [7, 11) is -3.10. The van der Waals surface area contributed by atoms with Crippen LogP contribution in [0.25, 0.3) is 143 Å². The largest absolute Gasteiger partial charge is 0.306 e. The van der Waals surface area contributed by atoms with E-state index >= 15 is 0 Å². The number of pyridine rings is 2. The van der Waals surface area contributed by atoms with Crippen LogP contribution in [-0.2, 0) is 0 Å². The molecule has 17 aromatic rings. The van der Waals surface area contributed by atoms with Gasteiger partial charge in [0.25, 0.3) is 0 Å². The van der Waals surface area contributed by atoms with Gasteiger partial charge in [0.15, 0.2) is 0 Å². The lowest BCUT2D eigenvalue weighted by Crippen LogP contribution is -2.72. The monoisotopic (exact) mass is 1150 g/mol. The summed E-state index contributed by atoms with van der Waals surface area (Å²) in [6.45, 7) is 8.72. The van der Waals surface area contributed by atoms with Crippen LogP contribution >= 0.6 is 0 Å². The van der Waals surface area contributed by atoms with Crippen LogP contribution in [0.3, 0.4) is 0 Å². The van der Waals surface area contributed by atoms with E-state index in [2.05, 4.69) is 289 Å². The van der Waals surface area contributed by atoms with Crippen LogP contribution in [0, 0.1) is 39.0 Å². The summed E-state index contributed by atoms with van der Waals surface area (Å²) >= 11 is 0. The van der Waals surface area contributed by atoms with Crippen molar-refractivity contribution in [3.8, 4) is 62.2 Å². The Kier molecular flexibility index (Phi) is 10.1. The standard InChI is InChI=1S/C81H53N7Si/c1-47-29-34-69-59(41-47)52-17-5-10-24-65(52)85(69)76-64(46-82)77(86-66-25-11-6-18-53(66)60-42-48(2)30-35-70(60)86)79(88-68-27-13-8-20-55(68)62-44-50(4)32-37-72(62)88)75(78(76)87-67-26-12-7-19-54(67)61-43-49(3)31-36-71(61)87)51-33-38-74-63(45-51)56-21-9-14-28-73(56)89(74)80-57(22-15-39-83-80)58-23-16-40-84-81(58)89/h5-45H,1-4H3. The van der Waals surface area contributed by atoms with Crippen molar-refractivity contribution in [1.29, 1.82) is 5.26 Å². The lowest BCUT2D eigenvalue weighted by atomic mass is 9.91. The summed E-state index contributed by atoms with van der Waals surface area (Å²) < 4.78 is 9.90. The number of para-hydroxylation sites is 4. The van der Waals surface area contributed by atoms with E-state index < -0.39 is 8.07 Å². The highest BCUT2D eigenvalue weighted by molar-refractivity contribution is 7.23. The van der Waals surface area contributed by atoms with Gasteiger partial charge in [-0.3, -0.25) is 9.97 Å². The fraction of sp³-hybridized carbons (Fsp3) is 0.0494. The molecule has 0 bridgehead atoms. The van der Waals surface area contributed by atoms with Crippen molar-refractivity contribution < 1.29 is 0 Å². The summed E-state index contributed by atoms with van der Waals surface area (Å²) in [6, 6.07) is 90.8. The Morgan fingerprint density at radius 3 is 1.08 bits per heavy atom. The second kappa shape index (κ2) is 18.1. The molecule has 6 aromatic heterocycles. The van der Waals surface area contributed by atoms with Crippen molar-refractivity contribution in [2.75, 3.05) is 0 Å². The molecule has 1 spiro atoms. The van der Waals surface area contributed by atoms with E-state index in [0.29, 0.717) is 5.56 Å². The van der Waals surface area contributed by atoms with Gasteiger partial charge in [0.1, 0.15) is 11.6 Å². The molecule has 89 heavy (non-hydrogen) atoms. The number of rotatable bonds is 5. The van der Waals surface area contributed by atoms with Gasteiger partial charge in [0, 0.05) is 82.8 Å². The predicted molar refractivity (Wildman–Crippen MR) is 370 cm³/mol. The normalized spacial score (nSPS) is 13.0. The summed E-state index contributed by atoms with van der Waals surface area (Å²) in [5, 5.41) is 27.0. The summed E-state index contributed by atoms with van der Waals surface area (Å²) in [4.78, 5) is 10.8. The molecule has 0 unspecified atom stereocenters. The zero-order chi connectivity index (χ0) is 59.1. The molecule has 8 heterocycles. The summed E-state index contributed by atoms with van der Waals surface area (Å²) in [5.74, 6) is 0. The molecule has 0 atom stereocenters. The number of fused-ring (bicyclic) bond motifs is 22. The van der Waals surface area contributed by atoms with E-state index in [9.17, 15) is 5.26 Å². The third-order valence-electron chi connectivity index (χ3n) is 19.7. The highest BCUT2D eigenvalue weighted by atomic mass is 28.3. The summed E-state index contributed by atoms with van der Waals surface area (Å²) in [6.07, 6.45) is 3.94. The first-order chi connectivity index (χ1) is 43.8. The van der Waals surface area contributed by atoms with E-state index in [1.54, 1.807) is 0 Å². The molecule has 0 saturated heterocycles. The van der Waals surface area contributed by atoms with Gasteiger partial charge in [-0.25, -0.2) is 0 Å². The minimum absolute atomic E-state index is 0.537.